The number of rotatable bonds is 8. The van der Waals surface area contributed by atoms with Gasteiger partial charge in [-0.2, -0.15) is 0 Å². The first-order valence-corrected chi connectivity index (χ1v) is 11.1. The van der Waals surface area contributed by atoms with Crippen LogP contribution in [0.15, 0.2) is 54.6 Å². The number of aliphatic hydroxyl groups excluding tert-OH is 1. The van der Waals surface area contributed by atoms with Crippen LogP contribution in [-0.2, 0) is 30.3 Å². The molecule has 0 bridgehead atoms. The lowest BCUT2D eigenvalue weighted by Crippen LogP contribution is -2.66. The van der Waals surface area contributed by atoms with Crippen LogP contribution in [0.3, 0.4) is 0 Å². The number of fused-ring (bicyclic) bond motifs is 1. The number of hydrogen-bond acceptors (Lipinski definition) is 8. The summed E-state index contributed by atoms with van der Waals surface area (Å²) >= 11 is 0. The number of aliphatic hydroxyl groups is 1. The predicted molar refractivity (Wildman–Crippen MR) is 119 cm³/mol. The van der Waals surface area contributed by atoms with Gasteiger partial charge >= 0.3 is 5.97 Å². The molecule has 0 aliphatic carbocycles. The Kier molecular flexibility index (Phi) is 7.38. The summed E-state index contributed by atoms with van der Waals surface area (Å²) in [7, 11) is 0. The highest BCUT2D eigenvalue weighted by Crippen LogP contribution is 2.34. The SMILES string of the molecule is CCO[C@@H]1O[C@H](COC(C)=O)[C@@H](O)[C@H](OCc2ccccc2)[C@H]1N1C(=O)c2ccccc2C1=O. The minimum Gasteiger partial charge on any atom is -0.463 e. The summed E-state index contributed by atoms with van der Waals surface area (Å²) in [5.41, 5.74) is 1.37. The average molecular weight is 469 g/mol. The van der Waals surface area contributed by atoms with Gasteiger partial charge in [0.05, 0.1) is 17.7 Å². The highest BCUT2D eigenvalue weighted by Gasteiger charge is 2.54. The first-order chi connectivity index (χ1) is 16.4. The lowest BCUT2D eigenvalue weighted by molar-refractivity contribution is -0.287. The van der Waals surface area contributed by atoms with Crippen molar-refractivity contribution in [1.82, 2.24) is 4.90 Å². The van der Waals surface area contributed by atoms with E-state index >= 15 is 0 Å². The van der Waals surface area contributed by atoms with Crippen molar-refractivity contribution in [2.75, 3.05) is 13.2 Å². The summed E-state index contributed by atoms with van der Waals surface area (Å²) in [5, 5.41) is 11.2. The fourth-order valence-electron chi connectivity index (χ4n) is 4.25. The molecule has 0 spiro atoms. The Morgan fingerprint density at radius 2 is 1.62 bits per heavy atom. The van der Waals surface area contributed by atoms with E-state index in [1.807, 2.05) is 30.3 Å². The number of ether oxygens (including phenoxy) is 4. The van der Waals surface area contributed by atoms with Gasteiger partial charge in [0.1, 0.15) is 31.0 Å². The second-order valence-corrected chi connectivity index (χ2v) is 8.07. The summed E-state index contributed by atoms with van der Waals surface area (Å²) in [4.78, 5) is 38.9. The maximum atomic E-state index is 13.3. The van der Waals surface area contributed by atoms with Crippen molar-refractivity contribution in [2.45, 2.75) is 51.1 Å². The molecule has 2 aromatic carbocycles. The molecular formula is C25H27NO8. The molecule has 9 heteroatoms. The smallest absolute Gasteiger partial charge is 0.302 e. The van der Waals surface area contributed by atoms with Crippen LogP contribution in [0.25, 0.3) is 0 Å². The molecule has 0 radical (unpaired) electrons. The Bertz CT molecular complexity index is 1010. The Hall–Kier alpha value is -3.11. The van der Waals surface area contributed by atoms with Crippen molar-refractivity contribution < 1.29 is 38.4 Å². The van der Waals surface area contributed by atoms with Crippen molar-refractivity contribution in [1.29, 1.82) is 0 Å². The Morgan fingerprint density at radius 1 is 1.00 bits per heavy atom. The van der Waals surface area contributed by atoms with E-state index in [9.17, 15) is 19.5 Å². The lowest BCUT2D eigenvalue weighted by atomic mass is 9.95. The number of amides is 2. The maximum Gasteiger partial charge on any atom is 0.302 e. The van der Waals surface area contributed by atoms with Gasteiger partial charge in [-0.1, -0.05) is 42.5 Å². The molecule has 9 nitrogen and oxygen atoms in total. The molecule has 5 atom stereocenters. The summed E-state index contributed by atoms with van der Waals surface area (Å²) in [5.74, 6) is -1.57. The summed E-state index contributed by atoms with van der Waals surface area (Å²) < 4.78 is 22.9. The minimum absolute atomic E-state index is 0.112. The van der Waals surface area contributed by atoms with Gasteiger partial charge in [0.25, 0.3) is 11.8 Å². The third-order valence-corrected chi connectivity index (χ3v) is 5.83. The third-order valence-electron chi connectivity index (χ3n) is 5.83. The molecular weight excluding hydrogens is 442 g/mol. The van der Waals surface area contributed by atoms with Crippen LogP contribution in [0.4, 0.5) is 0 Å². The van der Waals surface area contributed by atoms with E-state index in [-0.39, 0.29) is 30.9 Å². The largest absolute Gasteiger partial charge is 0.463 e. The first kappa shape index (κ1) is 24.0. The highest BCUT2D eigenvalue weighted by molar-refractivity contribution is 6.21. The van der Waals surface area contributed by atoms with Crippen molar-refractivity contribution >= 4 is 17.8 Å². The zero-order valence-electron chi connectivity index (χ0n) is 19.0. The predicted octanol–water partition coefficient (Wildman–Crippen LogP) is 1.92. The lowest BCUT2D eigenvalue weighted by Gasteiger charge is -2.46. The van der Waals surface area contributed by atoms with Gasteiger partial charge in [-0.05, 0) is 24.6 Å². The zero-order chi connectivity index (χ0) is 24.2. The van der Waals surface area contributed by atoms with Crippen LogP contribution < -0.4 is 0 Å². The maximum absolute atomic E-state index is 13.3. The molecule has 1 fully saturated rings. The Labute approximate surface area is 197 Å². The molecule has 1 saturated heterocycles. The van der Waals surface area contributed by atoms with E-state index in [1.54, 1.807) is 31.2 Å². The van der Waals surface area contributed by atoms with Gasteiger partial charge in [0, 0.05) is 13.5 Å². The van der Waals surface area contributed by atoms with Crippen molar-refractivity contribution in [3.8, 4) is 0 Å². The van der Waals surface area contributed by atoms with Crippen LogP contribution >= 0.6 is 0 Å². The van der Waals surface area contributed by atoms with Gasteiger partial charge in [-0.25, -0.2) is 0 Å². The molecule has 34 heavy (non-hydrogen) atoms. The van der Waals surface area contributed by atoms with Gasteiger partial charge < -0.3 is 24.1 Å². The Morgan fingerprint density at radius 3 is 2.21 bits per heavy atom. The van der Waals surface area contributed by atoms with E-state index in [2.05, 4.69) is 0 Å². The second-order valence-electron chi connectivity index (χ2n) is 8.07. The van der Waals surface area contributed by atoms with Crippen molar-refractivity contribution in [2.24, 2.45) is 0 Å². The third kappa shape index (κ3) is 4.74. The van der Waals surface area contributed by atoms with Gasteiger partial charge in [-0.15, -0.1) is 0 Å². The first-order valence-electron chi connectivity index (χ1n) is 11.1. The number of esters is 1. The molecule has 2 aliphatic heterocycles. The molecule has 2 aromatic rings. The molecule has 2 amide bonds. The second kappa shape index (κ2) is 10.4. The van der Waals surface area contributed by atoms with Gasteiger partial charge in [0.2, 0.25) is 0 Å². The van der Waals surface area contributed by atoms with Crippen LogP contribution in [0.5, 0.6) is 0 Å². The summed E-state index contributed by atoms with van der Waals surface area (Å²) in [6.07, 6.45) is -4.45. The van der Waals surface area contributed by atoms with Gasteiger partial charge in [0.15, 0.2) is 6.29 Å². The van der Waals surface area contributed by atoms with E-state index in [0.29, 0.717) is 0 Å². The molecule has 180 valence electrons. The standard InChI is InChI=1S/C25H27NO8/c1-3-31-25-20(26-23(29)17-11-7-8-12-18(17)24(26)30)22(33-13-16-9-5-4-6-10-16)21(28)19(34-25)14-32-15(2)27/h4-12,19-22,25,28H,3,13-14H2,1-2H3/t19-,20-,21-,22-,25-/m1/s1. The fraction of sp³-hybridized carbons (Fsp3) is 0.400. The quantitative estimate of drug-likeness (QED) is 0.461. The molecule has 4 rings (SSSR count). The van der Waals surface area contributed by atoms with Crippen molar-refractivity contribution in [3.05, 3.63) is 71.3 Å². The number of imide groups is 1. The average Bonchev–Trinajstić information content (AvgIpc) is 3.09. The van der Waals surface area contributed by atoms with Crippen LogP contribution in [0.1, 0.15) is 40.1 Å². The molecule has 2 heterocycles. The normalized spacial score (nSPS) is 26.4. The van der Waals surface area contributed by atoms with E-state index in [4.69, 9.17) is 18.9 Å². The fourth-order valence-corrected chi connectivity index (χ4v) is 4.25. The highest BCUT2D eigenvalue weighted by atomic mass is 16.7. The van der Waals surface area contributed by atoms with Crippen LogP contribution in [0.2, 0.25) is 0 Å². The summed E-state index contributed by atoms with van der Waals surface area (Å²) in [6, 6.07) is 14.7. The summed E-state index contributed by atoms with van der Waals surface area (Å²) in [6.45, 7) is 3.09. The number of benzene rings is 2. The molecule has 2 aliphatic rings. The van der Waals surface area contributed by atoms with Gasteiger partial charge in [-0.3, -0.25) is 19.3 Å². The molecule has 1 N–H and O–H groups in total. The van der Waals surface area contributed by atoms with Crippen LogP contribution in [-0.4, -0.2) is 71.6 Å². The topological polar surface area (TPSA) is 112 Å². The number of nitrogens with zero attached hydrogens (tertiary/aromatic N) is 1. The zero-order valence-corrected chi connectivity index (χ0v) is 19.0. The van der Waals surface area contributed by atoms with E-state index < -0.39 is 48.4 Å². The monoisotopic (exact) mass is 469 g/mol. The van der Waals surface area contributed by atoms with Crippen molar-refractivity contribution in [3.63, 3.8) is 0 Å². The molecule has 0 aromatic heterocycles. The minimum atomic E-state index is -1.31. The Balaban J connectivity index is 1.68. The number of carbonyl (C=O) groups excluding carboxylic acids is 3. The number of carbonyl (C=O) groups is 3. The number of hydrogen-bond donors (Lipinski definition) is 1. The van der Waals surface area contributed by atoms with Crippen LogP contribution in [0, 0.1) is 0 Å². The molecule has 0 saturated carbocycles. The van der Waals surface area contributed by atoms with E-state index in [1.165, 1.54) is 6.92 Å². The van der Waals surface area contributed by atoms with E-state index in [0.717, 1.165) is 10.5 Å². The molecule has 0 unspecified atom stereocenters.